The molecule has 0 saturated carbocycles. The Balaban J connectivity index is 0.00000261. The molecule has 7 heteroatoms. The molecular weight excluding hydrogens is 469 g/mol. The van der Waals surface area contributed by atoms with Crippen molar-refractivity contribution in [2.45, 2.75) is 52.4 Å². The van der Waals surface area contributed by atoms with Crippen LogP contribution >= 0.6 is 35.3 Å². The molecule has 27 heavy (non-hydrogen) atoms. The third-order valence-corrected chi connectivity index (χ3v) is 6.98. The second-order valence-corrected chi connectivity index (χ2v) is 8.45. The Morgan fingerprint density at radius 1 is 1.30 bits per heavy atom. The topological polar surface area (TPSA) is 43.8 Å². The van der Waals surface area contributed by atoms with Gasteiger partial charge in [-0.3, -0.25) is 4.99 Å². The minimum absolute atomic E-state index is 0. The van der Waals surface area contributed by atoms with Crippen LogP contribution < -0.4 is 10.2 Å². The lowest BCUT2D eigenvalue weighted by Crippen LogP contribution is -2.41. The summed E-state index contributed by atoms with van der Waals surface area (Å²) in [5, 5.41) is 6.98. The van der Waals surface area contributed by atoms with E-state index in [1.807, 2.05) is 7.05 Å². The average molecular weight is 506 g/mol. The molecule has 0 amide bonds. The standard InChI is InChI=1S/C20H35N5S.HI/c1-4-16(5-2)17-9-13-25(14-17)19(21-3)22-10-8-18-15-26-20(23-18)24-11-6-7-12-24;/h15-17H,4-14H2,1-3H3,(H,21,22);1H. The number of halogens is 1. The van der Waals surface area contributed by atoms with Gasteiger partial charge in [-0.25, -0.2) is 4.98 Å². The number of hydrogen-bond donors (Lipinski definition) is 1. The molecule has 2 saturated heterocycles. The Hall–Kier alpha value is -0.570. The van der Waals surface area contributed by atoms with E-state index in [4.69, 9.17) is 4.98 Å². The molecule has 1 unspecified atom stereocenters. The lowest BCUT2D eigenvalue weighted by atomic mass is 9.87. The van der Waals surface area contributed by atoms with Gasteiger partial charge in [0.15, 0.2) is 11.1 Å². The van der Waals surface area contributed by atoms with Gasteiger partial charge < -0.3 is 15.1 Å². The Morgan fingerprint density at radius 3 is 2.70 bits per heavy atom. The maximum atomic E-state index is 4.82. The molecular formula is C20H36IN5S. The SMILES string of the molecule is CCC(CC)C1CCN(C(=NC)NCCc2csc(N3CCCC3)n2)C1.I. The minimum atomic E-state index is 0. The number of hydrogen-bond acceptors (Lipinski definition) is 4. The Labute approximate surface area is 186 Å². The fourth-order valence-corrected chi connectivity index (χ4v) is 5.33. The van der Waals surface area contributed by atoms with Crippen molar-refractivity contribution >= 4 is 46.4 Å². The summed E-state index contributed by atoms with van der Waals surface area (Å²) in [6.07, 6.45) is 7.47. The number of anilines is 1. The zero-order valence-electron chi connectivity index (χ0n) is 17.1. The number of thiazole rings is 1. The summed E-state index contributed by atoms with van der Waals surface area (Å²) >= 11 is 1.79. The zero-order valence-corrected chi connectivity index (χ0v) is 20.3. The van der Waals surface area contributed by atoms with E-state index in [0.717, 1.165) is 43.9 Å². The molecule has 0 aromatic carbocycles. The Kier molecular flexibility index (Phi) is 9.62. The maximum Gasteiger partial charge on any atom is 0.193 e. The van der Waals surface area contributed by atoms with Gasteiger partial charge in [0.2, 0.25) is 0 Å². The highest BCUT2D eigenvalue weighted by atomic mass is 127. The second-order valence-electron chi connectivity index (χ2n) is 7.61. The number of nitrogens with one attached hydrogen (secondary N) is 1. The lowest BCUT2D eigenvalue weighted by Gasteiger charge is -2.24. The first-order valence-electron chi connectivity index (χ1n) is 10.4. The van der Waals surface area contributed by atoms with E-state index in [0.29, 0.717) is 0 Å². The molecule has 0 aliphatic carbocycles. The van der Waals surface area contributed by atoms with Crippen molar-refractivity contribution < 1.29 is 0 Å². The third-order valence-electron chi connectivity index (χ3n) is 6.03. The summed E-state index contributed by atoms with van der Waals surface area (Å²) in [4.78, 5) is 14.2. The highest BCUT2D eigenvalue weighted by molar-refractivity contribution is 14.0. The van der Waals surface area contributed by atoms with Crippen LogP contribution in [0.25, 0.3) is 0 Å². The van der Waals surface area contributed by atoms with E-state index in [-0.39, 0.29) is 24.0 Å². The van der Waals surface area contributed by atoms with Crippen molar-refractivity contribution in [3.63, 3.8) is 0 Å². The molecule has 0 spiro atoms. The minimum Gasteiger partial charge on any atom is -0.356 e. The summed E-state index contributed by atoms with van der Waals surface area (Å²) in [6, 6.07) is 0. The van der Waals surface area contributed by atoms with Gasteiger partial charge in [-0.1, -0.05) is 26.7 Å². The van der Waals surface area contributed by atoms with Crippen LogP contribution in [-0.4, -0.2) is 55.6 Å². The van der Waals surface area contributed by atoms with E-state index in [2.05, 4.69) is 39.3 Å². The zero-order chi connectivity index (χ0) is 18.4. The van der Waals surface area contributed by atoms with Crippen molar-refractivity contribution in [3.8, 4) is 0 Å². The van der Waals surface area contributed by atoms with E-state index in [9.17, 15) is 0 Å². The summed E-state index contributed by atoms with van der Waals surface area (Å²) in [7, 11) is 1.90. The first kappa shape index (κ1) is 22.7. The molecule has 3 rings (SSSR count). The molecule has 2 aliphatic rings. The summed E-state index contributed by atoms with van der Waals surface area (Å²) < 4.78 is 0. The number of aromatic nitrogens is 1. The van der Waals surface area contributed by atoms with Crippen molar-refractivity contribution in [3.05, 3.63) is 11.1 Å². The van der Waals surface area contributed by atoms with Crippen LogP contribution in [0.1, 0.15) is 51.6 Å². The fourth-order valence-electron chi connectivity index (χ4n) is 4.42. The van der Waals surface area contributed by atoms with Crippen LogP contribution in [0, 0.1) is 11.8 Å². The van der Waals surface area contributed by atoms with Gasteiger partial charge >= 0.3 is 0 Å². The molecule has 2 fully saturated rings. The van der Waals surface area contributed by atoms with Gasteiger partial charge in [-0.05, 0) is 31.1 Å². The predicted octanol–water partition coefficient (Wildman–Crippen LogP) is 4.24. The van der Waals surface area contributed by atoms with Crippen molar-refractivity contribution in [2.24, 2.45) is 16.8 Å². The molecule has 1 aromatic heterocycles. The summed E-state index contributed by atoms with van der Waals surface area (Å²) in [5.74, 6) is 2.75. The number of nitrogens with zero attached hydrogens (tertiary/aromatic N) is 4. The van der Waals surface area contributed by atoms with Crippen LogP contribution in [0.5, 0.6) is 0 Å². The van der Waals surface area contributed by atoms with Crippen LogP contribution in [0.2, 0.25) is 0 Å². The second kappa shape index (κ2) is 11.4. The van der Waals surface area contributed by atoms with Crippen LogP contribution in [0.4, 0.5) is 5.13 Å². The van der Waals surface area contributed by atoms with Gasteiger partial charge in [0, 0.05) is 51.6 Å². The van der Waals surface area contributed by atoms with E-state index >= 15 is 0 Å². The number of likely N-dealkylation sites (tertiary alicyclic amines) is 1. The summed E-state index contributed by atoms with van der Waals surface area (Å²) in [5.41, 5.74) is 1.20. The quantitative estimate of drug-likeness (QED) is 0.342. The molecule has 2 aliphatic heterocycles. The van der Waals surface area contributed by atoms with Gasteiger partial charge in [0.1, 0.15) is 0 Å². The number of aliphatic imine (C=N–C) groups is 1. The molecule has 154 valence electrons. The van der Waals surface area contributed by atoms with Gasteiger partial charge in [-0.2, -0.15) is 0 Å². The third kappa shape index (κ3) is 5.95. The van der Waals surface area contributed by atoms with Gasteiger partial charge in [0.05, 0.1) is 5.69 Å². The number of guanidine groups is 1. The monoisotopic (exact) mass is 505 g/mol. The maximum absolute atomic E-state index is 4.82. The van der Waals surface area contributed by atoms with Crippen LogP contribution in [0.15, 0.2) is 10.4 Å². The molecule has 1 atom stereocenters. The Bertz CT molecular complexity index is 581. The highest BCUT2D eigenvalue weighted by Crippen LogP contribution is 2.28. The first-order valence-corrected chi connectivity index (χ1v) is 11.3. The molecule has 1 aromatic rings. The van der Waals surface area contributed by atoms with Crippen LogP contribution in [0.3, 0.4) is 0 Å². The van der Waals surface area contributed by atoms with E-state index in [1.54, 1.807) is 11.3 Å². The van der Waals surface area contributed by atoms with E-state index < -0.39 is 0 Å². The molecule has 1 N–H and O–H groups in total. The van der Waals surface area contributed by atoms with Gasteiger partial charge in [-0.15, -0.1) is 35.3 Å². The lowest BCUT2D eigenvalue weighted by molar-refractivity contribution is 0.319. The summed E-state index contributed by atoms with van der Waals surface area (Å²) in [6.45, 7) is 10.2. The molecule has 5 nitrogen and oxygen atoms in total. The fraction of sp³-hybridized carbons (Fsp3) is 0.800. The predicted molar refractivity (Wildman–Crippen MR) is 128 cm³/mol. The first-order chi connectivity index (χ1) is 12.7. The Morgan fingerprint density at radius 2 is 2.04 bits per heavy atom. The van der Waals surface area contributed by atoms with E-state index in [1.165, 1.54) is 56.0 Å². The normalized spacial score (nSPS) is 20.4. The number of rotatable bonds is 7. The van der Waals surface area contributed by atoms with Crippen molar-refractivity contribution in [1.29, 1.82) is 0 Å². The molecule has 0 radical (unpaired) electrons. The van der Waals surface area contributed by atoms with Gasteiger partial charge in [0.25, 0.3) is 0 Å². The average Bonchev–Trinajstić information content (AvgIpc) is 3.40. The molecule has 3 heterocycles. The largest absolute Gasteiger partial charge is 0.356 e. The van der Waals surface area contributed by atoms with Crippen molar-refractivity contribution in [2.75, 3.05) is 44.7 Å². The highest BCUT2D eigenvalue weighted by Gasteiger charge is 2.29. The van der Waals surface area contributed by atoms with Crippen molar-refractivity contribution in [1.82, 2.24) is 15.2 Å². The molecule has 0 bridgehead atoms. The smallest absolute Gasteiger partial charge is 0.193 e. The van der Waals surface area contributed by atoms with Crippen LogP contribution in [-0.2, 0) is 6.42 Å².